The summed E-state index contributed by atoms with van der Waals surface area (Å²) in [5.41, 5.74) is 0.625. The second-order valence-electron chi connectivity index (χ2n) is 5.59. The van der Waals surface area contributed by atoms with E-state index in [-0.39, 0.29) is 29.5 Å². The van der Waals surface area contributed by atoms with Crippen LogP contribution in [0.4, 0.5) is 18.9 Å². The molecule has 0 saturated heterocycles. The lowest BCUT2D eigenvalue weighted by atomic mass is 10.0. The predicted octanol–water partition coefficient (Wildman–Crippen LogP) is 4.24. The average Bonchev–Trinajstić information content (AvgIpc) is 2.84. The fourth-order valence-corrected chi connectivity index (χ4v) is 2.80. The summed E-state index contributed by atoms with van der Waals surface area (Å²) in [4.78, 5) is 16.1. The first-order chi connectivity index (χ1) is 11.9. The van der Waals surface area contributed by atoms with Crippen molar-refractivity contribution in [2.45, 2.75) is 6.18 Å². The number of nitrogens with one attached hydrogen (secondary N) is 1. The van der Waals surface area contributed by atoms with Crippen molar-refractivity contribution in [2.24, 2.45) is 4.99 Å². The van der Waals surface area contributed by atoms with Gasteiger partial charge in [0.05, 0.1) is 11.3 Å². The molecule has 0 saturated carbocycles. The van der Waals surface area contributed by atoms with Gasteiger partial charge in [0.1, 0.15) is 17.8 Å². The lowest BCUT2D eigenvalue weighted by Crippen LogP contribution is -2.13. The van der Waals surface area contributed by atoms with Gasteiger partial charge in [-0.1, -0.05) is 24.3 Å². The SMILES string of the molecule is O=C1CN=C(c2cccc(C(F)(F)F)c2)c2oc3ccccc3c2N1. The quantitative estimate of drug-likeness (QED) is 0.718. The van der Waals surface area contributed by atoms with Gasteiger partial charge in [-0.15, -0.1) is 0 Å². The first-order valence-electron chi connectivity index (χ1n) is 7.47. The van der Waals surface area contributed by atoms with Gasteiger partial charge >= 0.3 is 6.18 Å². The number of hydrogen-bond donors (Lipinski definition) is 1. The molecule has 2 heterocycles. The van der Waals surface area contributed by atoms with Crippen LogP contribution in [-0.2, 0) is 11.0 Å². The Kier molecular flexibility index (Phi) is 3.38. The molecule has 1 aliphatic rings. The van der Waals surface area contributed by atoms with E-state index in [2.05, 4.69) is 10.3 Å². The number of hydrogen-bond acceptors (Lipinski definition) is 3. The van der Waals surface area contributed by atoms with Gasteiger partial charge in [0.25, 0.3) is 0 Å². The molecule has 4 rings (SSSR count). The highest BCUT2D eigenvalue weighted by molar-refractivity contribution is 6.21. The van der Waals surface area contributed by atoms with E-state index >= 15 is 0 Å². The maximum atomic E-state index is 13.0. The van der Waals surface area contributed by atoms with Crippen LogP contribution in [-0.4, -0.2) is 18.2 Å². The van der Waals surface area contributed by atoms with Crippen LogP contribution in [0.25, 0.3) is 11.0 Å². The Hall–Kier alpha value is -3.09. The van der Waals surface area contributed by atoms with E-state index in [4.69, 9.17) is 4.42 Å². The summed E-state index contributed by atoms with van der Waals surface area (Å²) in [6.07, 6.45) is -4.47. The van der Waals surface area contributed by atoms with E-state index in [1.165, 1.54) is 12.1 Å². The van der Waals surface area contributed by atoms with Crippen LogP contribution in [0, 0.1) is 0 Å². The number of fused-ring (bicyclic) bond motifs is 3. The van der Waals surface area contributed by atoms with Crippen molar-refractivity contribution < 1.29 is 22.4 Å². The zero-order valence-corrected chi connectivity index (χ0v) is 12.7. The van der Waals surface area contributed by atoms with Gasteiger partial charge in [-0.25, -0.2) is 0 Å². The fourth-order valence-electron chi connectivity index (χ4n) is 2.80. The molecule has 1 aliphatic heterocycles. The number of halogens is 3. The molecule has 0 unspecified atom stereocenters. The molecule has 25 heavy (non-hydrogen) atoms. The number of rotatable bonds is 1. The monoisotopic (exact) mass is 344 g/mol. The van der Waals surface area contributed by atoms with Crippen LogP contribution >= 0.6 is 0 Å². The molecule has 1 amide bonds. The van der Waals surface area contributed by atoms with Crippen LogP contribution < -0.4 is 5.32 Å². The van der Waals surface area contributed by atoms with Crippen LogP contribution in [0.1, 0.15) is 16.9 Å². The number of benzene rings is 2. The van der Waals surface area contributed by atoms with Gasteiger partial charge in [0.2, 0.25) is 5.91 Å². The maximum Gasteiger partial charge on any atom is 0.416 e. The van der Waals surface area contributed by atoms with Crippen molar-refractivity contribution >= 4 is 28.3 Å². The Bertz CT molecular complexity index is 1020. The smallest absolute Gasteiger partial charge is 0.416 e. The summed E-state index contributed by atoms with van der Waals surface area (Å²) >= 11 is 0. The van der Waals surface area contributed by atoms with Gasteiger partial charge in [0.15, 0.2) is 5.76 Å². The van der Waals surface area contributed by atoms with Crippen molar-refractivity contribution in [3.05, 3.63) is 65.4 Å². The minimum absolute atomic E-state index is 0.190. The molecule has 0 atom stereocenters. The number of alkyl halides is 3. The predicted molar refractivity (Wildman–Crippen MR) is 86.8 cm³/mol. The van der Waals surface area contributed by atoms with Crippen molar-refractivity contribution in [1.82, 2.24) is 0 Å². The lowest BCUT2D eigenvalue weighted by molar-refractivity contribution is -0.137. The Morgan fingerprint density at radius 2 is 1.88 bits per heavy atom. The van der Waals surface area contributed by atoms with Crippen molar-refractivity contribution in [2.75, 3.05) is 11.9 Å². The van der Waals surface area contributed by atoms with Crippen LogP contribution in [0.5, 0.6) is 0 Å². The molecule has 1 aromatic heterocycles. The molecular weight excluding hydrogens is 333 g/mol. The topological polar surface area (TPSA) is 54.6 Å². The number of carbonyl (C=O) groups is 1. The second kappa shape index (κ2) is 5.47. The number of carbonyl (C=O) groups excluding carboxylic acids is 1. The Morgan fingerprint density at radius 1 is 1.08 bits per heavy atom. The average molecular weight is 344 g/mol. The largest absolute Gasteiger partial charge is 0.452 e. The molecule has 0 aliphatic carbocycles. The van der Waals surface area contributed by atoms with Crippen LogP contribution in [0.3, 0.4) is 0 Å². The zero-order chi connectivity index (χ0) is 17.6. The number of anilines is 1. The summed E-state index contributed by atoms with van der Waals surface area (Å²) in [5, 5.41) is 3.39. The molecule has 0 spiro atoms. The molecular formula is C18H11F3N2O2. The highest BCUT2D eigenvalue weighted by Gasteiger charge is 2.32. The first-order valence-corrected chi connectivity index (χ1v) is 7.47. The van der Waals surface area contributed by atoms with Crippen molar-refractivity contribution in [3.63, 3.8) is 0 Å². The summed E-state index contributed by atoms with van der Waals surface area (Å²) < 4.78 is 44.8. The molecule has 0 bridgehead atoms. The molecule has 0 radical (unpaired) electrons. The van der Waals surface area contributed by atoms with Crippen LogP contribution in [0.15, 0.2) is 57.9 Å². The van der Waals surface area contributed by atoms with E-state index in [1.807, 2.05) is 0 Å². The Balaban J connectivity index is 1.93. The summed E-state index contributed by atoms with van der Waals surface area (Å²) in [7, 11) is 0. The van der Waals surface area contributed by atoms with Crippen molar-refractivity contribution in [3.8, 4) is 0 Å². The standard InChI is InChI=1S/C18H11F3N2O2/c19-18(20,21)11-5-3-4-10(8-11)15-17-16(23-14(24)9-22-15)12-6-1-2-7-13(12)25-17/h1-8H,9H2,(H,23,24). The van der Waals surface area contributed by atoms with Gasteiger partial charge in [-0.3, -0.25) is 9.79 Å². The summed E-state index contributed by atoms with van der Waals surface area (Å²) in [5.74, 6) is -0.0962. The third kappa shape index (κ3) is 2.67. The number of nitrogens with zero attached hydrogens (tertiary/aromatic N) is 1. The third-order valence-corrected chi connectivity index (χ3v) is 3.92. The van der Waals surface area contributed by atoms with E-state index in [9.17, 15) is 18.0 Å². The Morgan fingerprint density at radius 3 is 2.68 bits per heavy atom. The number of para-hydroxylation sites is 1. The zero-order valence-electron chi connectivity index (χ0n) is 12.7. The van der Waals surface area contributed by atoms with Crippen molar-refractivity contribution in [1.29, 1.82) is 0 Å². The number of amides is 1. The molecule has 1 N–H and O–H groups in total. The number of furan rings is 1. The fraction of sp³-hybridized carbons (Fsp3) is 0.111. The van der Waals surface area contributed by atoms with E-state index in [1.54, 1.807) is 24.3 Å². The first kappa shape index (κ1) is 15.4. The Labute approximate surface area is 140 Å². The third-order valence-electron chi connectivity index (χ3n) is 3.92. The maximum absolute atomic E-state index is 13.0. The molecule has 7 heteroatoms. The normalized spacial score (nSPS) is 14.7. The second-order valence-corrected chi connectivity index (χ2v) is 5.59. The summed E-state index contributed by atoms with van der Waals surface area (Å²) in [6, 6.07) is 11.9. The van der Waals surface area contributed by atoms with Gasteiger partial charge in [-0.05, 0) is 24.3 Å². The molecule has 126 valence electrons. The van der Waals surface area contributed by atoms with Gasteiger partial charge in [-0.2, -0.15) is 13.2 Å². The van der Waals surface area contributed by atoms with E-state index in [0.717, 1.165) is 12.1 Å². The van der Waals surface area contributed by atoms with Crippen LogP contribution in [0.2, 0.25) is 0 Å². The molecule has 4 nitrogen and oxygen atoms in total. The summed E-state index contributed by atoms with van der Waals surface area (Å²) in [6.45, 7) is -0.190. The highest BCUT2D eigenvalue weighted by Crippen LogP contribution is 2.35. The van der Waals surface area contributed by atoms with E-state index < -0.39 is 11.7 Å². The molecule has 2 aromatic carbocycles. The minimum atomic E-state index is -4.47. The van der Waals surface area contributed by atoms with Gasteiger partial charge < -0.3 is 9.73 Å². The van der Waals surface area contributed by atoms with Gasteiger partial charge in [0, 0.05) is 10.9 Å². The van der Waals surface area contributed by atoms with E-state index in [0.29, 0.717) is 16.7 Å². The molecule has 0 fully saturated rings. The molecule has 3 aromatic rings. The lowest BCUT2D eigenvalue weighted by Gasteiger charge is -2.09. The number of aliphatic imine (C=N–C) groups is 1. The minimum Gasteiger partial charge on any atom is -0.452 e. The highest BCUT2D eigenvalue weighted by atomic mass is 19.4.